The molecule has 1 amide bonds. The minimum absolute atomic E-state index is 0.0419. The Labute approximate surface area is 118 Å². The molecule has 1 aromatic rings. The van der Waals surface area contributed by atoms with Crippen molar-refractivity contribution in [2.45, 2.75) is 45.1 Å². The summed E-state index contributed by atoms with van der Waals surface area (Å²) in [7, 11) is 0. The maximum absolute atomic E-state index is 13.4. The van der Waals surface area contributed by atoms with E-state index in [0.29, 0.717) is 12.8 Å². The molecule has 1 heterocycles. The first kappa shape index (κ1) is 14.9. The third kappa shape index (κ3) is 3.54. The Bertz CT molecular complexity index is 492. The van der Waals surface area contributed by atoms with E-state index in [9.17, 15) is 14.3 Å². The van der Waals surface area contributed by atoms with Crippen LogP contribution in [0.1, 0.15) is 49.9 Å². The van der Waals surface area contributed by atoms with Gasteiger partial charge in [-0.15, -0.1) is 0 Å². The summed E-state index contributed by atoms with van der Waals surface area (Å²) in [4.78, 5) is 15.5. The van der Waals surface area contributed by atoms with Gasteiger partial charge >= 0.3 is 0 Å². The summed E-state index contributed by atoms with van der Waals surface area (Å²) >= 11 is 0. The molecule has 0 spiro atoms. The number of carbonyl (C=O) groups excluding carboxylic acids is 1. The summed E-state index contributed by atoms with van der Waals surface area (Å²) in [5.74, 6) is -1.16. The number of nitrogens with zero attached hydrogens (tertiary/aromatic N) is 1. The van der Waals surface area contributed by atoms with Gasteiger partial charge in [-0.05, 0) is 37.2 Å². The summed E-state index contributed by atoms with van der Waals surface area (Å²) in [6.07, 6.45) is 5.52. The quantitative estimate of drug-likeness (QED) is 0.893. The second-order valence-corrected chi connectivity index (χ2v) is 6.43. The zero-order valence-corrected chi connectivity index (χ0v) is 11.9. The van der Waals surface area contributed by atoms with E-state index in [2.05, 4.69) is 24.1 Å². The summed E-state index contributed by atoms with van der Waals surface area (Å²) in [5.41, 5.74) is -0.679. The summed E-state index contributed by atoms with van der Waals surface area (Å²) < 4.78 is 13.4. The zero-order valence-electron chi connectivity index (χ0n) is 11.9. The van der Waals surface area contributed by atoms with Gasteiger partial charge in [-0.2, -0.15) is 0 Å². The van der Waals surface area contributed by atoms with E-state index in [0.717, 1.165) is 19.0 Å². The number of rotatable bonds is 3. The van der Waals surface area contributed by atoms with Crippen molar-refractivity contribution >= 4 is 5.91 Å². The van der Waals surface area contributed by atoms with Crippen LogP contribution in [0.5, 0.6) is 0 Å². The van der Waals surface area contributed by atoms with E-state index < -0.39 is 17.3 Å². The molecule has 0 unspecified atom stereocenters. The van der Waals surface area contributed by atoms with Gasteiger partial charge in [0.25, 0.3) is 5.91 Å². The normalized spacial score (nSPS) is 20.4. The number of amides is 1. The van der Waals surface area contributed by atoms with Crippen LogP contribution in [0.2, 0.25) is 0 Å². The molecule has 0 atom stereocenters. The van der Waals surface area contributed by atoms with Crippen molar-refractivity contribution in [1.82, 2.24) is 10.3 Å². The van der Waals surface area contributed by atoms with Crippen molar-refractivity contribution in [1.29, 1.82) is 0 Å². The first-order valence-corrected chi connectivity index (χ1v) is 6.92. The highest BCUT2D eigenvalue weighted by atomic mass is 19.1. The molecule has 2 N–H and O–H groups in total. The molecular weight excluding hydrogens is 259 g/mol. The highest BCUT2D eigenvalue weighted by Crippen LogP contribution is 2.39. The van der Waals surface area contributed by atoms with Crippen LogP contribution in [0.15, 0.2) is 18.5 Å². The second-order valence-electron chi connectivity index (χ2n) is 6.43. The third-order valence-electron chi connectivity index (χ3n) is 4.13. The van der Waals surface area contributed by atoms with Crippen molar-refractivity contribution in [2.75, 3.05) is 6.54 Å². The van der Waals surface area contributed by atoms with Gasteiger partial charge in [0.1, 0.15) is 0 Å². The average molecular weight is 280 g/mol. The van der Waals surface area contributed by atoms with Crippen molar-refractivity contribution in [3.8, 4) is 0 Å². The second kappa shape index (κ2) is 5.48. The van der Waals surface area contributed by atoms with Gasteiger partial charge in [-0.1, -0.05) is 13.8 Å². The van der Waals surface area contributed by atoms with Gasteiger partial charge in [-0.3, -0.25) is 9.78 Å². The molecule has 1 fully saturated rings. The highest BCUT2D eigenvalue weighted by Gasteiger charge is 2.36. The molecule has 1 aliphatic rings. The minimum Gasteiger partial charge on any atom is -0.388 e. The molecule has 20 heavy (non-hydrogen) atoms. The van der Waals surface area contributed by atoms with Gasteiger partial charge in [-0.25, -0.2) is 4.39 Å². The molecule has 0 aliphatic heterocycles. The number of aliphatic hydroxyl groups is 1. The zero-order chi connectivity index (χ0) is 14.8. The number of hydrogen-bond acceptors (Lipinski definition) is 3. The Hall–Kier alpha value is -1.49. The summed E-state index contributed by atoms with van der Waals surface area (Å²) in [6.45, 7) is 4.51. The largest absolute Gasteiger partial charge is 0.388 e. The topological polar surface area (TPSA) is 62.2 Å². The lowest BCUT2D eigenvalue weighted by molar-refractivity contribution is -0.0233. The van der Waals surface area contributed by atoms with Crippen LogP contribution in [0.3, 0.4) is 0 Å². The van der Waals surface area contributed by atoms with Crippen LogP contribution in [0.4, 0.5) is 4.39 Å². The first-order valence-electron chi connectivity index (χ1n) is 6.92. The predicted octanol–water partition coefficient (Wildman–Crippen LogP) is 2.28. The molecule has 0 aromatic carbocycles. The Morgan fingerprint density at radius 2 is 2.05 bits per heavy atom. The first-order chi connectivity index (χ1) is 9.31. The molecule has 1 aliphatic carbocycles. The van der Waals surface area contributed by atoms with Crippen LogP contribution in [-0.2, 0) is 0 Å². The number of pyridine rings is 1. The molecule has 0 bridgehead atoms. The van der Waals surface area contributed by atoms with Crippen molar-refractivity contribution in [3.63, 3.8) is 0 Å². The van der Waals surface area contributed by atoms with Gasteiger partial charge in [0.05, 0.1) is 17.4 Å². The summed E-state index contributed by atoms with van der Waals surface area (Å²) in [5, 5.41) is 13.1. The number of hydrogen-bond donors (Lipinski definition) is 2. The Morgan fingerprint density at radius 3 is 2.65 bits per heavy atom. The lowest BCUT2D eigenvalue weighted by Crippen LogP contribution is -2.46. The van der Waals surface area contributed by atoms with E-state index >= 15 is 0 Å². The number of nitrogens with one attached hydrogen (secondary N) is 1. The molecular formula is C15H21FN2O2. The maximum Gasteiger partial charge on any atom is 0.254 e. The molecule has 1 aromatic heterocycles. The fraction of sp³-hybridized carbons (Fsp3) is 0.600. The lowest BCUT2D eigenvalue weighted by atomic mass is 9.71. The van der Waals surface area contributed by atoms with Gasteiger partial charge in [0.15, 0.2) is 5.82 Å². The fourth-order valence-corrected chi connectivity index (χ4v) is 2.47. The molecule has 110 valence electrons. The molecule has 1 saturated carbocycles. The van der Waals surface area contributed by atoms with E-state index in [1.165, 1.54) is 12.3 Å². The van der Waals surface area contributed by atoms with E-state index in [1.807, 2.05) is 0 Å². The molecule has 2 rings (SSSR count). The average Bonchev–Trinajstić information content (AvgIpc) is 2.41. The van der Waals surface area contributed by atoms with Gasteiger partial charge in [0, 0.05) is 12.7 Å². The van der Waals surface area contributed by atoms with Crippen LogP contribution < -0.4 is 5.32 Å². The molecule has 4 nitrogen and oxygen atoms in total. The van der Waals surface area contributed by atoms with Crippen LogP contribution in [-0.4, -0.2) is 28.1 Å². The Morgan fingerprint density at radius 1 is 1.40 bits per heavy atom. The van der Waals surface area contributed by atoms with Crippen molar-refractivity contribution in [2.24, 2.45) is 5.41 Å². The SMILES string of the molecule is CC1(C)CCC(O)(CNC(=O)c2ccncc2F)CC1. The van der Waals surface area contributed by atoms with Gasteiger partial charge in [0.2, 0.25) is 0 Å². The van der Waals surface area contributed by atoms with Crippen LogP contribution in [0.25, 0.3) is 0 Å². The number of aromatic nitrogens is 1. The highest BCUT2D eigenvalue weighted by molar-refractivity contribution is 5.94. The van der Waals surface area contributed by atoms with Gasteiger partial charge < -0.3 is 10.4 Å². The number of halogens is 1. The monoisotopic (exact) mass is 280 g/mol. The molecule has 0 radical (unpaired) electrons. The third-order valence-corrected chi connectivity index (χ3v) is 4.13. The number of carbonyl (C=O) groups is 1. The molecule has 5 heteroatoms. The van der Waals surface area contributed by atoms with Crippen molar-refractivity contribution < 1.29 is 14.3 Å². The Balaban J connectivity index is 1.92. The fourth-order valence-electron chi connectivity index (χ4n) is 2.47. The summed E-state index contributed by atoms with van der Waals surface area (Å²) in [6, 6.07) is 1.33. The predicted molar refractivity (Wildman–Crippen MR) is 73.7 cm³/mol. The smallest absolute Gasteiger partial charge is 0.254 e. The van der Waals surface area contributed by atoms with Crippen LogP contribution in [0, 0.1) is 11.2 Å². The molecule has 0 saturated heterocycles. The maximum atomic E-state index is 13.4. The minimum atomic E-state index is -0.880. The van der Waals surface area contributed by atoms with Crippen LogP contribution >= 0.6 is 0 Å². The van der Waals surface area contributed by atoms with E-state index in [1.54, 1.807) is 0 Å². The standard InChI is InChI=1S/C15H21FN2O2/c1-14(2)4-6-15(20,7-5-14)10-18-13(19)11-3-8-17-9-12(11)16/h3,8-9,20H,4-7,10H2,1-2H3,(H,18,19). The van der Waals surface area contributed by atoms with E-state index in [-0.39, 0.29) is 17.5 Å². The van der Waals surface area contributed by atoms with Crippen molar-refractivity contribution in [3.05, 3.63) is 29.8 Å². The Kier molecular flexibility index (Phi) is 4.09. The van der Waals surface area contributed by atoms with E-state index in [4.69, 9.17) is 0 Å². The lowest BCUT2D eigenvalue weighted by Gasteiger charge is -2.40.